The first-order chi connectivity index (χ1) is 10.7. The number of halogens is 1. The predicted octanol–water partition coefficient (Wildman–Crippen LogP) is 4.68. The molecule has 110 valence electrons. The van der Waals surface area contributed by atoms with Crippen LogP contribution >= 0.6 is 11.6 Å². The number of hydrogen-bond acceptors (Lipinski definition) is 3. The lowest BCUT2D eigenvalue weighted by Crippen LogP contribution is -2.01. The average molecular weight is 313 g/mol. The first-order valence-corrected chi connectivity index (χ1v) is 7.13. The van der Waals surface area contributed by atoms with Gasteiger partial charge < -0.3 is 9.15 Å². The summed E-state index contributed by atoms with van der Waals surface area (Å²) in [5.74, 6) is 1.12. The van der Waals surface area contributed by atoms with Crippen molar-refractivity contribution in [1.29, 1.82) is 0 Å². The highest BCUT2D eigenvalue weighted by atomic mass is 35.5. The van der Waals surface area contributed by atoms with Crippen LogP contribution in [-0.4, -0.2) is 6.61 Å². The van der Waals surface area contributed by atoms with Crippen LogP contribution in [0.15, 0.2) is 70.4 Å². The summed E-state index contributed by atoms with van der Waals surface area (Å²) in [6, 6.07) is 13.8. The van der Waals surface area contributed by atoms with Crippen molar-refractivity contribution in [1.82, 2.24) is 0 Å². The zero-order valence-electron chi connectivity index (χ0n) is 11.7. The minimum atomic E-state index is -0.116. The largest absolute Gasteiger partial charge is 0.490 e. The summed E-state index contributed by atoms with van der Waals surface area (Å²) in [7, 11) is 0. The maximum atomic E-state index is 12.3. The molecule has 3 aromatic rings. The van der Waals surface area contributed by atoms with Crippen LogP contribution in [0.5, 0.6) is 5.75 Å². The van der Waals surface area contributed by atoms with Crippen molar-refractivity contribution >= 4 is 22.6 Å². The van der Waals surface area contributed by atoms with Crippen molar-refractivity contribution in [2.75, 3.05) is 6.61 Å². The molecule has 0 unspecified atom stereocenters. The van der Waals surface area contributed by atoms with Crippen LogP contribution in [0.4, 0.5) is 0 Å². The lowest BCUT2D eigenvalue weighted by atomic mass is 10.1. The van der Waals surface area contributed by atoms with Gasteiger partial charge in [-0.05, 0) is 42.5 Å². The molecule has 0 aliphatic carbocycles. The van der Waals surface area contributed by atoms with Crippen molar-refractivity contribution < 1.29 is 9.15 Å². The lowest BCUT2D eigenvalue weighted by molar-refractivity contribution is 0.363. The quantitative estimate of drug-likeness (QED) is 0.657. The highest BCUT2D eigenvalue weighted by Gasteiger charge is 2.08. The molecule has 0 aliphatic rings. The molecule has 22 heavy (non-hydrogen) atoms. The van der Waals surface area contributed by atoms with Gasteiger partial charge in [0, 0.05) is 16.7 Å². The van der Waals surface area contributed by atoms with Crippen molar-refractivity contribution in [3.05, 3.63) is 76.4 Å². The molecule has 3 rings (SSSR count). The lowest BCUT2D eigenvalue weighted by Gasteiger charge is -2.06. The zero-order valence-corrected chi connectivity index (χ0v) is 12.5. The summed E-state index contributed by atoms with van der Waals surface area (Å²) < 4.78 is 11.2. The topological polar surface area (TPSA) is 39.4 Å². The Bertz CT molecular complexity index is 879. The molecule has 0 bridgehead atoms. The highest BCUT2D eigenvalue weighted by Crippen LogP contribution is 2.25. The smallest absolute Gasteiger partial charge is 0.193 e. The molecule has 4 heteroatoms. The molecule has 0 aliphatic heterocycles. The van der Waals surface area contributed by atoms with Gasteiger partial charge in [0.1, 0.15) is 23.7 Å². The molecule has 1 aromatic heterocycles. The SMILES string of the molecule is C=CCOc1ccc2oc(-c3ccc(Cl)cc3)cc(=O)c2c1. The van der Waals surface area contributed by atoms with E-state index in [-0.39, 0.29) is 5.43 Å². The third kappa shape index (κ3) is 2.90. The van der Waals surface area contributed by atoms with E-state index in [4.69, 9.17) is 20.8 Å². The molecular weight excluding hydrogens is 300 g/mol. The van der Waals surface area contributed by atoms with Gasteiger partial charge in [-0.25, -0.2) is 0 Å². The number of fused-ring (bicyclic) bond motifs is 1. The van der Waals surface area contributed by atoms with Crippen LogP contribution in [0.3, 0.4) is 0 Å². The molecule has 0 saturated carbocycles. The molecule has 0 saturated heterocycles. The molecule has 2 aromatic carbocycles. The average Bonchev–Trinajstić information content (AvgIpc) is 2.53. The van der Waals surface area contributed by atoms with Gasteiger partial charge in [-0.2, -0.15) is 0 Å². The fourth-order valence-electron chi connectivity index (χ4n) is 2.14. The molecule has 0 N–H and O–H groups in total. The standard InChI is InChI=1S/C18H13ClO3/c1-2-9-21-14-7-8-17-15(10-14)16(20)11-18(22-17)12-3-5-13(19)6-4-12/h2-8,10-11H,1,9H2. The minimum absolute atomic E-state index is 0.116. The molecule has 0 spiro atoms. The van der Waals surface area contributed by atoms with Gasteiger partial charge in [-0.15, -0.1) is 0 Å². The Morgan fingerprint density at radius 1 is 1.14 bits per heavy atom. The Labute approximate surface area is 132 Å². The van der Waals surface area contributed by atoms with E-state index in [1.54, 1.807) is 36.4 Å². The van der Waals surface area contributed by atoms with Crippen LogP contribution in [-0.2, 0) is 0 Å². The fourth-order valence-corrected chi connectivity index (χ4v) is 2.26. The minimum Gasteiger partial charge on any atom is -0.490 e. The van der Waals surface area contributed by atoms with E-state index in [1.165, 1.54) is 6.07 Å². The van der Waals surface area contributed by atoms with Gasteiger partial charge in [0.05, 0.1) is 5.39 Å². The molecule has 0 amide bonds. The number of ether oxygens (including phenoxy) is 1. The van der Waals surface area contributed by atoms with Gasteiger partial charge in [0.15, 0.2) is 5.43 Å². The molecule has 0 fully saturated rings. The Kier molecular flexibility index (Phi) is 3.98. The van der Waals surface area contributed by atoms with Crippen molar-refractivity contribution in [2.24, 2.45) is 0 Å². The summed E-state index contributed by atoms with van der Waals surface area (Å²) in [4.78, 5) is 12.3. The number of benzene rings is 2. The molecule has 1 heterocycles. The van der Waals surface area contributed by atoms with Crippen molar-refractivity contribution in [3.63, 3.8) is 0 Å². The summed E-state index contributed by atoms with van der Waals surface area (Å²) in [6.45, 7) is 3.98. The second-order valence-corrected chi connectivity index (χ2v) is 5.18. The Morgan fingerprint density at radius 3 is 2.64 bits per heavy atom. The van der Waals surface area contributed by atoms with Gasteiger partial charge in [0.2, 0.25) is 0 Å². The van der Waals surface area contributed by atoms with Gasteiger partial charge in [-0.3, -0.25) is 4.79 Å². The monoisotopic (exact) mass is 312 g/mol. The fraction of sp³-hybridized carbons (Fsp3) is 0.0556. The van der Waals surface area contributed by atoms with E-state index in [9.17, 15) is 4.79 Å². The molecular formula is C18H13ClO3. The second kappa shape index (κ2) is 6.08. The van der Waals surface area contributed by atoms with Crippen LogP contribution in [0.1, 0.15) is 0 Å². The van der Waals surface area contributed by atoms with E-state index in [0.717, 1.165) is 5.56 Å². The van der Waals surface area contributed by atoms with E-state index in [2.05, 4.69) is 6.58 Å². The Balaban J connectivity index is 2.07. The molecule has 0 atom stereocenters. The third-order valence-corrected chi connectivity index (χ3v) is 3.45. The van der Waals surface area contributed by atoms with Crippen molar-refractivity contribution in [3.8, 4) is 17.1 Å². The summed E-state index contributed by atoms with van der Waals surface area (Å²) in [5, 5.41) is 1.12. The van der Waals surface area contributed by atoms with Crippen LogP contribution < -0.4 is 10.2 Å². The van der Waals surface area contributed by atoms with Gasteiger partial charge in [-0.1, -0.05) is 24.3 Å². The van der Waals surface area contributed by atoms with Gasteiger partial charge >= 0.3 is 0 Å². The number of hydrogen-bond donors (Lipinski definition) is 0. The summed E-state index contributed by atoms with van der Waals surface area (Å²) >= 11 is 5.87. The normalized spacial score (nSPS) is 10.6. The Morgan fingerprint density at radius 2 is 1.91 bits per heavy atom. The van der Waals surface area contributed by atoms with Gasteiger partial charge in [0.25, 0.3) is 0 Å². The molecule has 0 radical (unpaired) electrons. The highest BCUT2D eigenvalue weighted by molar-refractivity contribution is 6.30. The zero-order chi connectivity index (χ0) is 15.5. The second-order valence-electron chi connectivity index (χ2n) is 4.74. The predicted molar refractivity (Wildman–Crippen MR) is 88.6 cm³/mol. The van der Waals surface area contributed by atoms with E-state index < -0.39 is 0 Å². The first kappa shape index (κ1) is 14.4. The van der Waals surface area contributed by atoms with E-state index >= 15 is 0 Å². The van der Waals surface area contributed by atoms with Crippen LogP contribution in [0.25, 0.3) is 22.3 Å². The summed E-state index contributed by atoms with van der Waals surface area (Å²) in [5.41, 5.74) is 1.20. The van der Waals surface area contributed by atoms with Crippen LogP contribution in [0, 0.1) is 0 Å². The van der Waals surface area contributed by atoms with Crippen molar-refractivity contribution in [2.45, 2.75) is 0 Å². The summed E-state index contributed by atoms with van der Waals surface area (Å²) in [6.07, 6.45) is 1.65. The maximum Gasteiger partial charge on any atom is 0.193 e. The Hall–Kier alpha value is -2.52. The van der Waals surface area contributed by atoms with E-state index in [1.807, 2.05) is 12.1 Å². The van der Waals surface area contributed by atoms with Crippen LogP contribution in [0.2, 0.25) is 5.02 Å². The maximum absolute atomic E-state index is 12.3. The number of rotatable bonds is 4. The van der Waals surface area contributed by atoms with E-state index in [0.29, 0.717) is 34.1 Å². The molecule has 3 nitrogen and oxygen atoms in total. The third-order valence-electron chi connectivity index (χ3n) is 3.20. The first-order valence-electron chi connectivity index (χ1n) is 6.75.